The van der Waals surface area contributed by atoms with Gasteiger partial charge in [0, 0.05) is 25.7 Å². The number of benzene rings is 1. The Morgan fingerprint density at radius 1 is 1.19 bits per heavy atom. The number of likely N-dealkylation sites (N-methyl/N-ethyl adjacent to an activating group) is 1. The van der Waals surface area contributed by atoms with E-state index in [2.05, 4.69) is 11.8 Å². The molecule has 21 heavy (non-hydrogen) atoms. The normalized spacial score (nSPS) is 23.9. The Morgan fingerprint density at radius 3 is 2.24 bits per heavy atom. The van der Waals surface area contributed by atoms with Crippen molar-refractivity contribution in [3.63, 3.8) is 0 Å². The van der Waals surface area contributed by atoms with Gasteiger partial charge in [0.25, 0.3) is 0 Å². The Hall–Kier alpha value is -0.950. The molecule has 0 spiro atoms. The number of nitrogens with zero attached hydrogens (tertiary/aromatic N) is 2. The molecule has 118 valence electrons. The van der Waals surface area contributed by atoms with Crippen molar-refractivity contribution < 1.29 is 8.42 Å². The third kappa shape index (κ3) is 3.83. The Kier molecular flexibility index (Phi) is 5.03. The lowest BCUT2D eigenvalue weighted by molar-refractivity contribution is 0.263. The molecular weight excluding hydrogens is 286 g/mol. The highest BCUT2D eigenvalue weighted by Gasteiger charge is 2.37. The van der Waals surface area contributed by atoms with E-state index in [4.69, 9.17) is 5.73 Å². The maximum Gasteiger partial charge on any atom is 0.218 e. The second-order valence-corrected chi connectivity index (χ2v) is 8.07. The second-order valence-electron chi connectivity index (χ2n) is 6.10. The molecule has 2 rings (SSSR count). The van der Waals surface area contributed by atoms with Crippen molar-refractivity contribution in [3.8, 4) is 0 Å². The van der Waals surface area contributed by atoms with E-state index in [1.807, 2.05) is 38.4 Å². The molecule has 0 aliphatic carbocycles. The van der Waals surface area contributed by atoms with Gasteiger partial charge in [0.05, 0.1) is 5.75 Å². The van der Waals surface area contributed by atoms with Crippen LogP contribution in [-0.2, 0) is 22.3 Å². The Labute approximate surface area is 127 Å². The van der Waals surface area contributed by atoms with Crippen LogP contribution in [0.25, 0.3) is 0 Å². The van der Waals surface area contributed by atoms with E-state index in [1.165, 1.54) is 0 Å². The van der Waals surface area contributed by atoms with E-state index in [-0.39, 0.29) is 5.75 Å². The van der Waals surface area contributed by atoms with Crippen LogP contribution in [0.5, 0.6) is 0 Å². The lowest BCUT2D eigenvalue weighted by Gasteiger charge is -2.22. The van der Waals surface area contributed by atoms with Gasteiger partial charge in [-0.2, -0.15) is 4.31 Å². The predicted molar refractivity (Wildman–Crippen MR) is 85.2 cm³/mol. The largest absolute Gasteiger partial charge is 0.326 e. The summed E-state index contributed by atoms with van der Waals surface area (Å²) >= 11 is 0. The SMILES string of the molecule is CC1CN(S(=O)(=O)Cc2ccc(CN)cc2)CC1N(C)C. The van der Waals surface area contributed by atoms with Crippen molar-refractivity contribution in [1.82, 2.24) is 9.21 Å². The highest BCUT2D eigenvalue weighted by atomic mass is 32.2. The van der Waals surface area contributed by atoms with Crippen LogP contribution >= 0.6 is 0 Å². The zero-order valence-corrected chi connectivity index (χ0v) is 13.8. The van der Waals surface area contributed by atoms with Crippen LogP contribution in [0.1, 0.15) is 18.1 Å². The van der Waals surface area contributed by atoms with E-state index in [0.717, 1.165) is 11.1 Å². The van der Waals surface area contributed by atoms with Crippen LogP contribution in [0.2, 0.25) is 0 Å². The average molecular weight is 311 g/mol. The van der Waals surface area contributed by atoms with Gasteiger partial charge >= 0.3 is 0 Å². The van der Waals surface area contributed by atoms with Gasteiger partial charge in [-0.1, -0.05) is 31.2 Å². The van der Waals surface area contributed by atoms with Crippen LogP contribution in [0, 0.1) is 5.92 Å². The first-order valence-electron chi connectivity index (χ1n) is 7.25. The van der Waals surface area contributed by atoms with Crippen LogP contribution in [0.3, 0.4) is 0 Å². The minimum Gasteiger partial charge on any atom is -0.326 e. The molecule has 1 heterocycles. The summed E-state index contributed by atoms with van der Waals surface area (Å²) in [6, 6.07) is 7.77. The van der Waals surface area contributed by atoms with Gasteiger partial charge in [0.1, 0.15) is 0 Å². The van der Waals surface area contributed by atoms with Crippen LogP contribution in [0.4, 0.5) is 0 Å². The van der Waals surface area contributed by atoms with Crippen molar-refractivity contribution in [2.75, 3.05) is 27.2 Å². The van der Waals surface area contributed by atoms with Crippen molar-refractivity contribution in [3.05, 3.63) is 35.4 Å². The van der Waals surface area contributed by atoms with Gasteiger partial charge in [0.15, 0.2) is 0 Å². The number of sulfonamides is 1. The fourth-order valence-electron chi connectivity index (χ4n) is 2.88. The van der Waals surface area contributed by atoms with Crippen molar-refractivity contribution >= 4 is 10.0 Å². The molecule has 1 aliphatic heterocycles. The van der Waals surface area contributed by atoms with Crippen LogP contribution < -0.4 is 5.73 Å². The summed E-state index contributed by atoms with van der Waals surface area (Å²) in [5.74, 6) is 0.416. The molecule has 0 saturated carbocycles. The molecule has 0 amide bonds. The topological polar surface area (TPSA) is 66.6 Å². The van der Waals surface area contributed by atoms with Crippen molar-refractivity contribution in [2.45, 2.75) is 25.3 Å². The molecule has 1 aromatic rings. The molecule has 1 aliphatic rings. The number of hydrogen-bond acceptors (Lipinski definition) is 4. The third-order valence-electron chi connectivity index (χ3n) is 4.20. The fraction of sp³-hybridized carbons (Fsp3) is 0.600. The quantitative estimate of drug-likeness (QED) is 0.876. The zero-order chi connectivity index (χ0) is 15.6. The maximum absolute atomic E-state index is 12.6. The van der Waals surface area contributed by atoms with Crippen LogP contribution in [-0.4, -0.2) is 50.8 Å². The van der Waals surface area contributed by atoms with E-state index in [1.54, 1.807) is 4.31 Å². The van der Waals surface area contributed by atoms with E-state index in [9.17, 15) is 8.42 Å². The number of hydrogen-bond donors (Lipinski definition) is 1. The minimum atomic E-state index is -3.26. The molecule has 2 N–H and O–H groups in total. The summed E-state index contributed by atoms with van der Waals surface area (Å²) in [7, 11) is 0.749. The first kappa shape index (κ1) is 16.4. The molecule has 0 bridgehead atoms. The molecule has 2 atom stereocenters. The monoisotopic (exact) mass is 311 g/mol. The smallest absolute Gasteiger partial charge is 0.218 e. The zero-order valence-electron chi connectivity index (χ0n) is 13.0. The predicted octanol–water partition coefficient (Wildman–Crippen LogP) is 0.857. The van der Waals surface area contributed by atoms with E-state index in [0.29, 0.717) is 31.6 Å². The van der Waals surface area contributed by atoms with Gasteiger partial charge in [-0.3, -0.25) is 0 Å². The highest BCUT2D eigenvalue weighted by Crippen LogP contribution is 2.24. The molecule has 1 saturated heterocycles. The summed E-state index contributed by atoms with van der Waals surface area (Å²) in [5, 5.41) is 0. The lowest BCUT2D eigenvalue weighted by atomic mass is 10.1. The highest BCUT2D eigenvalue weighted by molar-refractivity contribution is 7.88. The molecule has 0 radical (unpaired) electrons. The second kappa shape index (κ2) is 6.44. The summed E-state index contributed by atoms with van der Waals surface area (Å²) in [4.78, 5) is 2.11. The first-order chi connectivity index (χ1) is 9.83. The minimum absolute atomic E-state index is 0.0602. The molecular formula is C15H25N3O2S. The van der Waals surface area contributed by atoms with Crippen LogP contribution in [0.15, 0.2) is 24.3 Å². The van der Waals surface area contributed by atoms with Gasteiger partial charge in [-0.05, 0) is 31.1 Å². The standard InChI is InChI=1S/C15H25N3O2S/c1-12-9-18(10-15(12)17(2)3)21(19,20)11-14-6-4-13(8-16)5-7-14/h4-7,12,15H,8-11,16H2,1-3H3. The van der Waals surface area contributed by atoms with E-state index >= 15 is 0 Å². The molecule has 6 heteroatoms. The number of nitrogens with two attached hydrogens (primary N) is 1. The summed E-state index contributed by atoms with van der Waals surface area (Å²) in [6.45, 7) is 3.76. The van der Waals surface area contributed by atoms with E-state index < -0.39 is 10.0 Å². The molecule has 2 unspecified atom stereocenters. The van der Waals surface area contributed by atoms with Gasteiger partial charge in [-0.25, -0.2) is 8.42 Å². The first-order valence-corrected chi connectivity index (χ1v) is 8.86. The van der Waals surface area contributed by atoms with Gasteiger partial charge in [-0.15, -0.1) is 0 Å². The third-order valence-corrected chi connectivity index (χ3v) is 5.99. The Balaban J connectivity index is 2.08. The van der Waals surface area contributed by atoms with Crippen molar-refractivity contribution in [2.24, 2.45) is 11.7 Å². The average Bonchev–Trinajstić information content (AvgIpc) is 2.82. The summed E-state index contributed by atoms with van der Waals surface area (Å²) in [5.41, 5.74) is 7.38. The van der Waals surface area contributed by atoms with Gasteiger partial charge < -0.3 is 10.6 Å². The molecule has 1 aromatic carbocycles. The Morgan fingerprint density at radius 2 is 1.76 bits per heavy atom. The molecule has 5 nitrogen and oxygen atoms in total. The molecule has 1 fully saturated rings. The lowest BCUT2D eigenvalue weighted by Crippen LogP contribution is -2.36. The van der Waals surface area contributed by atoms with Gasteiger partial charge in [0.2, 0.25) is 10.0 Å². The number of rotatable bonds is 5. The van der Waals surface area contributed by atoms with Crippen molar-refractivity contribution in [1.29, 1.82) is 0 Å². The summed E-state index contributed by atoms with van der Waals surface area (Å²) in [6.07, 6.45) is 0. The Bertz CT molecular complexity index is 569. The fourth-order valence-corrected chi connectivity index (χ4v) is 4.52. The summed E-state index contributed by atoms with van der Waals surface area (Å²) < 4.78 is 26.7. The maximum atomic E-state index is 12.6. The molecule has 0 aromatic heterocycles.